The number of hydrogen-bond donors (Lipinski definition) is 1. The molecule has 2 nitrogen and oxygen atoms in total. The molecule has 3 rings (SSSR count). The minimum atomic E-state index is -0.277. The maximum Gasteiger partial charge on any atom is 0.224 e. The average molecular weight is 331 g/mol. The molecule has 1 N–H and O–H groups in total. The van der Waals surface area contributed by atoms with Gasteiger partial charge in [-0.3, -0.25) is 4.79 Å². The van der Waals surface area contributed by atoms with Crippen molar-refractivity contribution in [2.75, 3.05) is 0 Å². The fourth-order valence-electron chi connectivity index (χ4n) is 3.07. The van der Waals surface area contributed by atoms with Crippen molar-refractivity contribution >= 4 is 17.2 Å². The first kappa shape index (κ1) is 16.2. The maximum atomic E-state index is 12.9. The summed E-state index contributed by atoms with van der Waals surface area (Å²) in [6.07, 6.45) is 3.80. The molecule has 0 spiro atoms. The monoisotopic (exact) mass is 331 g/mol. The van der Waals surface area contributed by atoms with E-state index >= 15 is 0 Å². The SMILES string of the molecule is CC1(C)CCc2sc(CNC(=O)Cc3ccc(F)cc3)cc2C1. The van der Waals surface area contributed by atoms with Crippen LogP contribution < -0.4 is 5.32 Å². The van der Waals surface area contributed by atoms with Crippen LogP contribution in [0.4, 0.5) is 4.39 Å². The van der Waals surface area contributed by atoms with Crippen molar-refractivity contribution in [2.45, 2.75) is 46.1 Å². The summed E-state index contributed by atoms with van der Waals surface area (Å²) in [5, 5.41) is 2.97. The second kappa shape index (κ2) is 6.44. The van der Waals surface area contributed by atoms with Crippen molar-refractivity contribution < 1.29 is 9.18 Å². The maximum absolute atomic E-state index is 12.9. The quantitative estimate of drug-likeness (QED) is 0.891. The summed E-state index contributed by atoms with van der Waals surface area (Å²) in [6, 6.07) is 8.33. The Kier molecular flexibility index (Phi) is 4.53. The third kappa shape index (κ3) is 4.20. The van der Waals surface area contributed by atoms with E-state index < -0.39 is 0 Å². The molecule has 0 radical (unpaired) electrons. The summed E-state index contributed by atoms with van der Waals surface area (Å²) >= 11 is 1.82. The van der Waals surface area contributed by atoms with E-state index in [0.717, 1.165) is 18.4 Å². The van der Waals surface area contributed by atoms with E-state index in [2.05, 4.69) is 25.2 Å². The zero-order valence-electron chi connectivity index (χ0n) is 13.6. The van der Waals surface area contributed by atoms with Crippen molar-refractivity contribution in [3.8, 4) is 0 Å². The van der Waals surface area contributed by atoms with Crippen molar-refractivity contribution in [3.05, 3.63) is 57.0 Å². The van der Waals surface area contributed by atoms with Crippen molar-refractivity contribution in [2.24, 2.45) is 5.41 Å². The van der Waals surface area contributed by atoms with Gasteiger partial charge in [-0.05, 0) is 54.0 Å². The fourth-order valence-corrected chi connectivity index (χ4v) is 4.20. The lowest BCUT2D eigenvalue weighted by molar-refractivity contribution is -0.120. The highest BCUT2D eigenvalue weighted by Gasteiger charge is 2.26. The van der Waals surface area contributed by atoms with Gasteiger partial charge in [0.1, 0.15) is 5.82 Å². The van der Waals surface area contributed by atoms with Gasteiger partial charge in [0.15, 0.2) is 0 Å². The number of halogens is 1. The standard InChI is InChI=1S/C19H22FNOS/c1-19(2)8-7-17-14(11-19)10-16(23-17)12-21-18(22)9-13-3-5-15(20)6-4-13/h3-6,10H,7-9,11-12H2,1-2H3,(H,21,22). The second-order valence-corrected chi connectivity index (χ2v) is 8.30. The molecule has 1 aliphatic rings. The van der Waals surface area contributed by atoms with Gasteiger partial charge in [-0.2, -0.15) is 0 Å². The molecule has 0 saturated carbocycles. The lowest BCUT2D eigenvalue weighted by atomic mass is 9.77. The molecular formula is C19H22FNOS. The highest BCUT2D eigenvalue weighted by molar-refractivity contribution is 7.12. The van der Waals surface area contributed by atoms with Crippen LogP contribution in [0.3, 0.4) is 0 Å². The second-order valence-electron chi connectivity index (χ2n) is 7.08. The van der Waals surface area contributed by atoms with Gasteiger partial charge in [0, 0.05) is 9.75 Å². The largest absolute Gasteiger partial charge is 0.351 e. The summed E-state index contributed by atoms with van der Waals surface area (Å²) < 4.78 is 12.9. The molecule has 0 saturated heterocycles. The van der Waals surface area contributed by atoms with E-state index in [-0.39, 0.29) is 11.7 Å². The number of nitrogens with one attached hydrogen (secondary N) is 1. The Hall–Kier alpha value is -1.68. The van der Waals surface area contributed by atoms with Crippen LogP contribution in [0, 0.1) is 11.2 Å². The third-order valence-corrected chi connectivity index (χ3v) is 5.62. The van der Waals surface area contributed by atoms with E-state index in [1.807, 2.05) is 11.3 Å². The number of rotatable bonds is 4. The van der Waals surface area contributed by atoms with Crippen LogP contribution in [-0.4, -0.2) is 5.91 Å². The number of thiophene rings is 1. The average Bonchev–Trinajstić information content (AvgIpc) is 2.88. The Morgan fingerprint density at radius 3 is 2.78 bits per heavy atom. The number of benzene rings is 1. The topological polar surface area (TPSA) is 29.1 Å². The molecule has 0 aliphatic heterocycles. The molecule has 1 amide bonds. The number of amides is 1. The molecule has 0 atom stereocenters. The first-order valence-corrected chi connectivity index (χ1v) is 8.84. The molecule has 1 aromatic carbocycles. The molecule has 1 heterocycles. The number of hydrogen-bond acceptors (Lipinski definition) is 2. The van der Waals surface area contributed by atoms with Crippen molar-refractivity contribution in [1.82, 2.24) is 5.32 Å². The molecular weight excluding hydrogens is 309 g/mol. The van der Waals surface area contributed by atoms with Gasteiger partial charge in [0.25, 0.3) is 0 Å². The normalized spacial score (nSPS) is 16.0. The Morgan fingerprint density at radius 2 is 2.04 bits per heavy atom. The minimum absolute atomic E-state index is 0.0247. The molecule has 23 heavy (non-hydrogen) atoms. The van der Waals surface area contributed by atoms with E-state index in [1.165, 1.54) is 33.9 Å². The van der Waals surface area contributed by atoms with Crippen LogP contribution in [-0.2, 0) is 30.6 Å². The molecule has 0 fully saturated rings. The minimum Gasteiger partial charge on any atom is -0.351 e. The van der Waals surface area contributed by atoms with E-state index in [1.54, 1.807) is 12.1 Å². The van der Waals surface area contributed by atoms with Gasteiger partial charge in [0.2, 0.25) is 5.91 Å². The van der Waals surface area contributed by atoms with Crippen LogP contribution >= 0.6 is 11.3 Å². The lowest BCUT2D eigenvalue weighted by Gasteiger charge is -2.29. The fraction of sp³-hybridized carbons (Fsp3) is 0.421. The van der Waals surface area contributed by atoms with Gasteiger partial charge in [0.05, 0.1) is 13.0 Å². The smallest absolute Gasteiger partial charge is 0.224 e. The van der Waals surface area contributed by atoms with Gasteiger partial charge >= 0.3 is 0 Å². The van der Waals surface area contributed by atoms with Gasteiger partial charge in [-0.25, -0.2) is 4.39 Å². The number of fused-ring (bicyclic) bond motifs is 1. The highest BCUT2D eigenvalue weighted by Crippen LogP contribution is 2.38. The summed E-state index contributed by atoms with van der Waals surface area (Å²) in [6.45, 7) is 5.22. The lowest BCUT2D eigenvalue weighted by Crippen LogP contribution is -2.24. The number of carbonyl (C=O) groups is 1. The molecule has 0 unspecified atom stereocenters. The van der Waals surface area contributed by atoms with Crippen LogP contribution in [0.15, 0.2) is 30.3 Å². The highest BCUT2D eigenvalue weighted by atomic mass is 32.1. The number of aryl methyl sites for hydroxylation is 1. The molecule has 4 heteroatoms. The van der Waals surface area contributed by atoms with Crippen LogP contribution in [0.25, 0.3) is 0 Å². The predicted octanol–water partition coefficient (Wildman–Crippen LogP) is 4.26. The zero-order chi connectivity index (χ0) is 16.4. The first-order valence-electron chi connectivity index (χ1n) is 8.03. The third-order valence-electron chi connectivity index (χ3n) is 4.38. The molecule has 1 aromatic heterocycles. The molecule has 0 bridgehead atoms. The molecule has 2 aromatic rings. The van der Waals surface area contributed by atoms with Crippen LogP contribution in [0.5, 0.6) is 0 Å². The Morgan fingerprint density at radius 1 is 1.30 bits per heavy atom. The summed E-state index contributed by atoms with van der Waals surface area (Å²) in [5.41, 5.74) is 2.67. The first-order chi connectivity index (χ1) is 10.9. The van der Waals surface area contributed by atoms with Crippen molar-refractivity contribution in [1.29, 1.82) is 0 Å². The van der Waals surface area contributed by atoms with E-state index in [0.29, 0.717) is 18.4 Å². The van der Waals surface area contributed by atoms with Crippen LogP contribution in [0.1, 0.15) is 41.1 Å². The Labute approximate surface area is 140 Å². The molecule has 1 aliphatic carbocycles. The van der Waals surface area contributed by atoms with E-state index in [9.17, 15) is 9.18 Å². The summed E-state index contributed by atoms with van der Waals surface area (Å²) in [4.78, 5) is 14.7. The van der Waals surface area contributed by atoms with Crippen molar-refractivity contribution in [3.63, 3.8) is 0 Å². The Bertz CT molecular complexity index is 703. The predicted molar refractivity (Wildman–Crippen MR) is 92.1 cm³/mol. The molecule has 122 valence electrons. The van der Waals surface area contributed by atoms with Gasteiger partial charge < -0.3 is 5.32 Å². The number of carbonyl (C=O) groups excluding carboxylic acids is 1. The van der Waals surface area contributed by atoms with Gasteiger partial charge in [-0.1, -0.05) is 26.0 Å². The Balaban J connectivity index is 1.55. The summed E-state index contributed by atoms with van der Waals surface area (Å²) in [7, 11) is 0. The van der Waals surface area contributed by atoms with Crippen LogP contribution in [0.2, 0.25) is 0 Å². The zero-order valence-corrected chi connectivity index (χ0v) is 14.4. The summed E-state index contributed by atoms with van der Waals surface area (Å²) in [5.74, 6) is -0.301. The van der Waals surface area contributed by atoms with E-state index in [4.69, 9.17) is 0 Å². The van der Waals surface area contributed by atoms with Gasteiger partial charge in [-0.15, -0.1) is 11.3 Å².